The lowest BCUT2D eigenvalue weighted by Crippen LogP contribution is -2.37. The van der Waals surface area contributed by atoms with E-state index in [4.69, 9.17) is 16.1 Å². The van der Waals surface area contributed by atoms with Crippen LogP contribution in [0.5, 0.6) is 0 Å². The van der Waals surface area contributed by atoms with Crippen LogP contribution in [0.1, 0.15) is 18.7 Å². The number of hydrogen-bond acceptors (Lipinski definition) is 8. The van der Waals surface area contributed by atoms with Crippen LogP contribution in [0.3, 0.4) is 0 Å². The Morgan fingerprint density at radius 3 is 3.04 bits per heavy atom. The highest BCUT2D eigenvalue weighted by molar-refractivity contribution is 9.11. The van der Waals surface area contributed by atoms with Gasteiger partial charge in [-0.15, -0.1) is 0 Å². The van der Waals surface area contributed by atoms with Crippen LogP contribution < -0.4 is 10.6 Å². The molecule has 2 aliphatic heterocycles. The minimum atomic E-state index is 0.233. The average Bonchev–Trinajstić information content (AvgIpc) is 2.73. The normalized spacial score (nSPS) is 20.8. The number of nitrogens with two attached hydrogens (primary N) is 1. The van der Waals surface area contributed by atoms with Crippen LogP contribution in [0, 0.1) is 11.3 Å². The van der Waals surface area contributed by atoms with Gasteiger partial charge in [-0.3, -0.25) is 9.98 Å². The van der Waals surface area contributed by atoms with Gasteiger partial charge in [0.2, 0.25) is 0 Å². The van der Waals surface area contributed by atoms with Crippen LogP contribution >= 0.6 is 15.9 Å². The Hall–Kier alpha value is -2.81. The molecule has 1 aromatic heterocycles. The summed E-state index contributed by atoms with van der Waals surface area (Å²) < 4.78 is 0.719. The van der Waals surface area contributed by atoms with E-state index in [2.05, 4.69) is 42.5 Å². The van der Waals surface area contributed by atoms with E-state index in [1.165, 1.54) is 12.4 Å². The third-order valence-electron chi connectivity index (χ3n) is 4.72. The third kappa shape index (κ3) is 4.53. The summed E-state index contributed by atoms with van der Waals surface area (Å²) in [6, 6.07) is 1.91. The zero-order chi connectivity index (χ0) is 19.9. The van der Waals surface area contributed by atoms with Gasteiger partial charge >= 0.3 is 0 Å². The van der Waals surface area contributed by atoms with E-state index in [1.807, 2.05) is 17.2 Å². The van der Waals surface area contributed by atoms with E-state index in [1.54, 1.807) is 18.6 Å². The predicted molar refractivity (Wildman–Crippen MR) is 118 cm³/mol. The van der Waals surface area contributed by atoms with Crippen molar-refractivity contribution in [3.8, 4) is 0 Å². The van der Waals surface area contributed by atoms with Gasteiger partial charge in [-0.1, -0.05) is 0 Å². The fourth-order valence-electron chi connectivity index (χ4n) is 3.35. The zero-order valence-electron chi connectivity index (χ0n) is 15.5. The molecule has 0 aromatic carbocycles. The van der Waals surface area contributed by atoms with Gasteiger partial charge in [0.25, 0.3) is 0 Å². The SMILES string of the molecule is C=N/C=C(/c1nccc(N2CCCC(/C(C=N)=C/N)C2)n1)N1C=C(Br)N=CC1. The molecule has 3 heterocycles. The van der Waals surface area contributed by atoms with Gasteiger partial charge in [0, 0.05) is 43.8 Å². The number of rotatable bonds is 6. The molecule has 2 aliphatic rings. The van der Waals surface area contributed by atoms with Crippen LogP contribution in [0.25, 0.3) is 5.70 Å². The van der Waals surface area contributed by atoms with E-state index < -0.39 is 0 Å². The highest BCUT2D eigenvalue weighted by Crippen LogP contribution is 2.27. The summed E-state index contributed by atoms with van der Waals surface area (Å²) >= 11 is 3.40. The van der Waals surface area contributed by atoms with Gasteiger partial charge in [-0.2, -0.15) is 0 Å². The Kier molecular flexibility index (Phi) is 6.70. The number of aliphatic imine (C=N–C) groups is 2. The second-order valence-corrected chi connectivity index (χ2v) is 7.26. The summed E-state index contributed by atoms with van der Waals surface area (Å²) in [6.45, 7) is 5.85. The first-order valence-corrected chi connectivity index (χ1v) is 9.78. The quantitative estimate of drug-likeness (QED) is 0.520. The molecule has 1 unspecified atom stereocenters. The van der Waals surface area contributed by atoms with Gasteiger partial charge in [0.1, 0.15) is 16.1 Å². The maximum atomic E-state index is 7.57. The van der Waals surface area contributed by atoms with Crippen molar-refractivity contribution in [3.05, 3.63) is 46.9 Å². The fraction of sp³-hybridized carbons (Fsp3) is 0.316. The lowest BCUT2D eigenvalue weighted by Gasteiger charge is -2.34. The number of nitrogens with zero attached hydrogens (tertiary/aromatic N) is 6. The molecule has 8 nitrogen and oxygen atoms in total. The minimum absolute atomic E-state index is 0.233. The maximum Gasteiger partial charge on any atom is 0.179 e. The van der Waals surface area contributed by atoms with Crippen LogP contribution in [0.2, 0.25) is 0 Å². The number of halogens is 1. The van der Waals surface area contributed by atoms with Gasteiger partial charge in [-0.05, 0) is 53.3 Å². The lowest BCUT2D eigenvalue weighted by atomic mass is 9.91. The third-order valence-corrected chi connectivity index (χ3v) is 5.13. The molecule has 1 aromatic rings. The van der Waals surface area contributed by atoms with Gasteiger partial charge in [-0.25, -0.2) is 9.97 Å². The maximum absolute atomic E-state index is 7.57. The first kappa shape index (κ1) is 19.9. The van der Waals surface area contributed by atoms with Crippen molar-refractivity contribution in [2.45, 2.75) is 12.8 Å². The zero-order valence-corrected chi connectivity index (χ0v) is 17.1. The van der Waals surface area contributed by atoms with Crippen molar-refractivity contribution in [2.75, 3.05) is 24.5 Å². The Labute approximate surface area is 172 Å². The molecule has 0 aliphatic carbocycles. The van der Waals surface area contributed by atoms with Crippen LogP contribution in [-0.2, 0) is 0 Å². The molecule has 0 spiro atoms. The van der Waals surface area contributed by atoms with E-state index in [0.29, 0.717) is 12.4 Å². The van der Waals surface area contributed by atoms with Crippen LogP contribution in [0.15, 0.2) is 51.0 Å². The first-order valence-electron chi connectivity index (χ1n) is 8.99. The van der Waals surface area contributed by atoms with Crippen LogP contribution in [0.4, 0.5) is 5.82 Å². The second kappa shape index (κ2) is 9.41. The van der Waals surface area contributed by atoms with E-state index >= 15 is 0 Å². The Bertz CT molecular complexity index is 857. The number of anilines is 1. The molecule has 146 valence electrons. The highest BCUT2D eigenvalue weighted by Gasteiger charge is 2.24. The van der Waals surface area contributed by atoms with Gasteiger partial charge in [0.05, 0.1) is 12.7 Å². The molecule has 3 rings (SSSR count). The van der Waals surface area contributed by atoms with Gasteiger partial charge in [0.15, 0.2) is 5.82 Å². The van der Waals surface area contributed by atoms with E-state index in [9.17, 15) is 0 Å². The van der Waals surface area contributed by atoms with Crippen molar-refractivity contribution < 1.29 is 0 Å². The molecule has 0 bridgehead atoms. The topological polar surface area (TPSA) is 107 Å². The van der Waals surface area contributed by atoms with Crippen molar-refractivity contribution in [3.63, 3.8) is 0 Å². The van der Waals surface area contributed by atoms with Crippen molar-refractivity contribution >= 4 is 46.6 Å². The predicted octanol–water partition coefficient (Wildman–Crippen LogP) is 2.76. The standard InChI is InChI=1S/C19H23BrN8/c1-23-11-16(27-8-6-24-17(20)13-27)19-25-5-4-18(26-19)28-7-2-3-14(12-28)15(9-21)10-22/h4-6,9-11,13-14,21H,1-3,7-8,12,22H2/b15-10+,16-11-,21-9?. The second-order valence-electron chi connectivity index (χ2n) is 6.45. The number of nitrogens with one attached hydrogen (secondary N) is 1. The van der Waals surface area contributed by atoms with Crippen molar-refractivity contribution in [1.82, 2.24) is 14.9 Å². The monoisotopic (exact) mass is 442 g/mol. The summed E-state index contributed by atoms with van der Waals surface area (Å²) in [4.78, 5) is 21.5. The molecule has 3 N–H and O–H groups in total. The molecular weight excluding hydrogens is 420 g/mol. The van der Waals surface area contributed by atoms with E-state index in [-0.39, 0.29) is 5.92 Å². The summed E-state index contributed by atoms with van der Waals surface area (Å²) in [7, 11) is 0. The minimum Gasteiger partial charge on any atom is -0.404 e. The molecule has 0 radical (unpaired) electrons. The summed E-state index contributed by atoms with van der Waals surface area (Å²) in [5.41, 5.74) is 7.29. The molecule has 0 amide bonds. The summed E-state index contributed by atoms with van der Waals surface area (Å²) in [5, 5.41) is 7.57. The first-order chi connectivity index (χ1) is 13.7. The molecule has 1 saturated heterocycles. The van der Waals surface area contributed by atoms with Crippen LogP contribution in [-0.4, -0.2) is 53.6 Å². The molecule has 9 heteroatoms. The smallest absolute Gasteiger partial charge is 0.179 e. The number of aromatic nitrogens is 2. The molecule has 0 saturated carbocycles. The molecule has 1 atom stereocenters. The number of piperidine rings is 1. The fourth-order valence-corrected chi connectivity index (χ4v) is 3.75. The summed E-state index contributed by atoms with van der Waals surface area (Å²) in [6.07, 6.45) is 12.0. The van der Waals surface area contributed by atoms with Crippen molar-refractivity contribution in [2.24, 2.45) is 21.6 Å². The molecular formula is C19H23BrN8. The van der Waals surface area contributed by atoms with E-state index in [0.717, 1.165) is 47.6 Å². The highest BCUT2D eigenvalue weighted by atomic mass is 79.9. The molecule has 1 fully saturated rings. The largest absolute Gasteiger partial charge is 0.404 e. The van der Waals surface area contributed by atoms with Crippen molar-refractivity contribution in [1.29, 1.82) is 5.41 Å². The lowest BCUT2D eigenvalue weighted by molar-refractivity contribution is 0.473. The number of hydrogen-bond donors (Lipinski definition) is 2. The summed E-state index contributed by atoms with van der Waals surface area (Å²) in [5.74, 6) is 1.65. The Morgan fingerprint density at radius 2 is 2.32 bits per heavy atom. The Morgan fingerprint density at radius 1 is 1.46 bits per heavy atom. The average molecular weight is 443 g/mol. The Balaban J connectivity index is 1.86. The van der Waals surface area contributed by atoms with Gasteiger partial charge < -0.3 is 20.9 Å². The molecule has 28 heavy (non-hydrogen) atoms.